The summed E-state index contributed by atoms with van der Waals surface area (Å²) in [6.45, 7) is 2.79. The Balaban J connectivity index is 1.56. The van der Waals surface area contributed by atoms with Gasteiger partial charge in [-0.2, -0.15) is 0 Å². The van der Waals surface area contributed by atoms with E-state index in [0.717, 1.165) is 44.2 Å². The van der Waals surface area contributed by atoms with Crippen LogP contribution in [0.5, 0.6) is 5.75 Å². The van der Waals surface area contributed by atoms with E-state index in [1.807, 2.05) is 19.2 Å². The van der Waals surface area contributed by atoms with Crippen molar-refractivity contribution in [2.75, 3.05) is 27.2 Å². The van der Waals surface area contributed by atoms with Crippen LogP contribution in [-0.2, 0) is 19.4 Å². The third-order valence-electron chi connectivity index (χ3n) is 4.47. The van der Waals surface area contributed by atoms with E-state index in [1.54, 1.807) is 7.11 Å². The van der Waals surface area contributed by atoms with Crippen molar-refractivity contribution in [1.29, 1.82) is 0 Å². The molecule has 4 nitrogen and oxygen atoms in total. The van der Waals surface area contributed by atoms with Gasteiger partial charge in [0.15, 0.2) is 5.96 Å². The van der Waals surface area contributed by atoms with Crippen LogP contribution in [0, 0.1) is 0 Å². The Morgan fingerprint density at radius 1 is 1.17 bits per heavy atom. The number of methoxy groups -OCH3 is 1. The lowest BCUT2D eigenvalue weighted by atomic mass is 10.0. The molecular weight excluding hydrogens is 298 g/mol. The molecule has 4 heteroatoms. The second-order valence-electron chi connectivity index (χ2n) is 6.02. The van der Waals surface area contributed by atoms with E-state index < -0.39 is 0 Å². The fourth-order valence-corrected chi connectivity index (χ4v) is 3.16. The molecule has 1 N–H and O–H groups in total. The summed E-state index contributed by atoms with van der Waals surface area (Å²) < 4.78 is 5.28. The van der Waals surface area contributed by atoms with Crippen LogP contribution in [-0.4, -0.2) is 38.1 Å². The summed E-state index contributed by atoms with van der Waals surface area (Å²) in [6, 6.07) is 16.9. The first-order valence-corrected chi connectivity index (χ1v) is 8.45. The smallest absolute Gasteiger partial charge is 0.193 e. The predicted octanol–water partition coefficient (Wildman–Crippen LogP) is 2.87. The van der Waals surface area contributed by atoms with E-state index in [4.69, 9.17) is 4.74 Å². The maximum Gasteiger partial charge on any atom is 0.193 e. The number of hydrogen-bond donors (Lipinski definition) is 1. The van der Waals surface area contributed by atoms with Gasteiger partial charge < -0.3 is 15.0 Å². The van der Waals surface area contributed by atoms with E-state index in [0.29, 0.717) is 0 Å². The van der Waals surface area contributed by atoms with Crippen LogP contribution in [0.2, 0.25) is 0 Å². The molecule has 0 aromatic heterocycles. The third kappa shape index (κ3) is 3.88. The van der Waals surface area contributed by atoms with Crippen LogP contribution in [0.4, 0.5) is 0 Å². The van der Waals surface area contributed by atoms with Gasteiger partial charge in [-0.15, -0.1) is 0 Å². The Morgan fingerprint density at radius 3 is 2.79 bits per heavy atom. The first-order valence-electron chi connectivity index (χ1n) is 8.45. The minimum absolute atomic E-state index is 0.859. The Hall–Kier alpha value is -2.49. The van der Waals surface area contributed by atoms with Crippen LogP contribution in [0.3, 0.4) is 0 Å². The molecule has 1 aliphatic rings. The molecule has 0 spiro atoms. The van der Waals surface area contributed by atoms with Gasteiger partial charge in [-0.05, 0) is 41.7 Å². The lowest BCUT2D eigenvalue weighted by molar-refractivity contribution is 0.379. The highest BCUT2D eigenvalue weighted by Crippen LogP contribution is 2.18. The minimum atomic E-state index is 0.859. The van der Waals surface area contributed by atoms with E-state index in [-0.39, 0.29) is 0 Å². The molecule has 0 atom stereocenters. The zero-order valence-electron chi connectivity index (χ0n) is 14.5. The predicted molar refractivity (Wildman–Crippen MR) is 98.6 cm³/mol. The number of rotatable bonds is 4. The molecule has 2 aromatic carbocycles. The van der Waals surface area contributed by atoms with Crippen molar-refractivity contribution in [3.8, 4) is 5.75 Å². The van der Waals surface area contributed by atoms with Gasteiger partial charge in [-0.3, -0.25) is 4.99 Å². The zero-order valence-corrected chi connectivity index (χ0v) is 14.5. The van der Waals surface area contributed by atoms with E-state index >= 15 is 0 Å². The Kier molecular flexibility index (Phi) is 5.36. The van der Waals surface area contributed by atoms with Crippen molar-refractivity contribution < 1.29 is 4.74 Å². The van der Waals surface area contributed by atoms with Crippen LogP contribution in [0.1, 0.15) is 16.7 Å². The first kappa shape index (κ1) is 16.4. The average molecular weight is 323 g/mol. The Morgan fingerprint density at radius 2 is 2.00 bits per heavy atom. The summed E-state index contributed by atoms with van der Waals surface area (Å²) in [5.74, 6) is 1.89. The van der Waals surface area contributed by atoms with Gasteiger partial charge in [-0.1, -0.05) is 36.4 Å². The molecule has 0 bridgehead atoms. The minimum Gasteiger partial charge on any atom is -0.497 e. The number of nitrogens with one attached hydrogen (secondary N) is 1. The normalized spacial score (nSPS) is 14.2. The zero-order chi connectivity index (χ0) is 16.8. The first-order chi connectivity index (χ1) is 11.8. The molecule has 0 saturated heterocycles. The van der Waals surface area contributed by atoms with Crippen LogP contribution < -0.4 is 10.1 Å². The molecule has 0 amide bonds. The maximum absolute atomic E-state index is 5.28. The van der Waals surface area contributed by atoms with Gasteiger partial charge in [0.25, 0.3) is 0 Å². The van der Waals surface area contributed by atoms with E-state index in [2.05, 4.69) is 51.6 Å². The molecular formula is C20H25N3O. The average Bonchev–Trinajstić information content (AvgIpc) is 2.65. The van der Waals surface area contributed by atoms with Crippen molar-refractivity contribution in [3.63, 3.8) is 0 Å². The number of guanidine groups is 1. The summed E-state index contributed by atoms with van der Waals surface area (Å²) in [5, 5.41) is 3.49. The molecule has 24 heavy (non-hydrogen) atoms. The van der Waals surface area contributed by atoms with Gasteiger partial charge >= 0.3 is 0 Å². The summed E-state index contributed by atoms with van der Waals surface area (Å²) in [7, 11) is 3.56. The molecule has 0 aliphatic carbocycles. The van der Waals surface area contributed by atoms with Crippen molar-refractivity contribution in [2.45, 2.75) is 19.4 Å². The molecule has 1 heterocycles. The topological polar surface area (TPSA) is 36.9 Å². The second kappa shape index (κ2) is 7.86. The molecule has 0 fully saturated rings. The van der Waals surface area contributed by atoms with Crippen molar-refractivity contribution in [3.05, 3.63) is 65.2 Å². The van der Waals surface area contributed by atoms with Gasteiger partial charge in [0.1, 0.15) is 5.75 Å². The van der Waals surface area contributed by atoms with E-state index in [1.165, 1.54) is 16.7 Å². The monoisotopic (exact) mass is 323 g/mol. The second-order valence-corrected chi connectivity index (χ2v) is 6.02. The number of nitrogens with zero attached hydrogens (tertiary/aromatic N) is 2. The molecule has 0 radical (unpaired) electrons. The largest absolute Gasteiger partial charge is 0.497 e. The van der Waals surface area contributed by atoms with Crippen LogP contribution >= 0.6 is 0 Å². The van der Waals surface area contributed by atoms with E-state index in [9.17, 15) is 0 Å². The van der Waals surface area contributed by atoms with Gasteiger partial charge in [-0.25, -0.2) is 0 Å². The number of aliphatic imine (C=N–C) groups is 1. The summed E-state index contributed by atoms with van der Waals surface area (Å²) >= 11 is 0. The third-order valence-corrected chi connectivity index (χ3v) is 4.47. The summed E-state index contributed by atoms with van der Waals surface area (Å²) in [4.78, 5) is 6.78. The highest BCUT2D eigenvalue weighted by molar-refractivity contribution is 5.80. The lowest BCUT2D eigenvalue weighted by Gasteiger charge is -2.31. The Bertz CT molecular complexity index is 712. The van der Waals surface area contributed by atoms with Gasteiger partial charge in [0, 0.05) is 26.7 Å². The number of benzene rings is 2. The molecule has 3 rings (SSSR count). The summed E-state index contributed by atoms with van der Waals surface area (Å²) in [6.07, 6.45) is 2.02. The fraction of sp³-hybridized carbons (Fsp3) is 0.350. The standard InChI is InChI=1S/C20H25N3O/c1-21-20(22-12-10-16-6-5-9-19(14-16)24-2)23-13-11-17-7-3-4-8-18(17)15-23/h3-9,14H,10-13,15H2,1-2H3,(H,21,22). The SMILES string of the molecule is CN=C(NCCc1cccc(OC)c1)N1CCc2ccccc2C1. The van der Waals surface area contributed by atoms with Gasteiger partial charge in [0.05, 0.1) is 7.11 Å². The fourth-order valence-electron chi connectivity index (χ4n) is 3.16. The van der Waals surface area contributed by atoms with Crippen LogP contribution in [0.25, 0.3) is 0 Å². The molecule has 0 unspecified atom stereocenters. The quantitative estimate of drug-likeness (QED) is 0.694. The number of fused-ring (bicyclic) bond motifs is 1. The van der Waals surface area contributed by atoms with Crippen molar-refractivity contribution >= 4 is 5.96 Å². The molecule has 126 valence electrons. The van der Waals surface area contributed by atoms with Crippen LogP contribution in [0.15, 0.2) is 53.5 Å². The Labute approximate surface area is 144 Å². The maximum atomic E-state index is 5.28. The molecule has 2 aromatic rings. The number of ether oxygens (including phenoxy) is 1. The highest BCUT2D eigenvalue weighted by Gasteiger charge is 2.18. The van der Waals surface area contributed by atoms with Crippen molar-refractivity contribution in [1.82, 2.24) is 10.2 Å². The van der Waals surface area contributed by atoms with Gasteiger partial charge in [0.2, 0.25) is 0 Å². The molecule has 1 aliphatic heterocycles. The highest BCUT2D eigenvalue weighted by atomic mass is 16.5. The lowest BCUT2D eigenvalue weighted by Crippen LogP contribution is -2.44. The summed E-state index contributed by atoms with van der Waals surface area (Å²) in [5.41, 5.74) is 4.13. The molecule has 0 saturated carbocycles. The number of hydrogen-bond acceptors (Lipinski definition) is 2. The van der Waals surface area contributed by atoms with Crippen molar-refractivity contribution in [2.24, 2.45) is 4.99 Å².